The van der Waals surface area contributed by atoms with Gasteiger partial charge in [0.1, 0.15) is 10.5 Å². The van der Waals surface area contributed by atoms with Crippen LogP contribution in [-0.4, -0.2) is 37.7 Å². The average Bonchev–Trinajstić information content (AvgIpc) is 3.45. The fraction of sp³-hybridized carbons (Fsp3) is 0.310. The molecule has 0 saturated carbocycles. The maximum atomic E-state index is 13.9. The molecule has 0 unspecified atom stereocenters. The van der Waals surface area contributed by atoms with E-state index in [2.05, 4.69) is 18.8 Å². The van der Waals surface area contributed by atoms with Crippen LogP contribution < -0.4 is 19.8 Å². The number of amides is 1. The third-order valence-corrected chi connectivity index (χ3v) is 7.73. The highest BCUT2D eigenvalue weighted by Gasteiger charge is 2.45. The molecule has 10 heteroatoms. The van der Waals surface area contributed by atoms with E-state index in [1.54, 1.807) is 49.4 Å². The molecular formula is C29H28N2O7S. The summed E-state index contributed by atoms with van der Waals surface area (Å²) in [5, 5.41) is 0.607. The van der Waals surface area contributed by atoms with Crippen LogP contribution in [0.5, 0.6) is 11.5 Å². The molecule has 4 aromatic rings. The first-order valence-electron chi connectivity index (χ1n) is 12.5. The summed E-state index contributed by atoms with van der Waals surface area (Å²) in [4.78, 5) is 46.1. The largest absolute Gasteiger partial charge is 0.493 e. The molecule has 3 heterocycles. The van der Waals surface area contributed by atoms with E-state index in [1.807, 2.05) is 0 Å². The lowest BCUT2D eigenvalue weighted by Gasteiger charge is -2.23. The van der Waals surface area contributed by atoms with Crippen molar-refractivity contribution in [2.24, 2.45) is 5.92 Å². The molecular weight excluding hydrogens is 520 g/mol. The fourth-order valence-electron chi connectivity index (χ4n) is 4.58. The highest BCUT2D eigenvalue weighted by molar-refractivity contribution is 7.17. The quantitative estimate of drug-likeness (QED) is 0.265. The maximum Gasteiger partial charge on any atom is 0.350 e. The van der Waals surface area contributed by atoms with E-state index in [1.165, 1.54) is 19.1 Å². The van der Waals surface area contributed by atoms with Gasteiger partial charge in [-0.05, 0) is 49.1 Å². The number of fused-ring (bicyclic) bond motifs is 2. The van der Waals surface area contributed by atoms with Gasteiger partial charge in [0.05, 0.1) is 43.5 Å². The number of hydrogen-bond donors (Lipinski definition) is 0. The van der Waals surface area contributed by atoms with Crippen LogP contribution in [0.1, 0.15) is 63.4 Å². The Morgan fingerprint density at radius 3 is 2.62 bits per heavy atom. The number of rotatable bonds is 8. The predicted molar refractivity (Wildman–Crippen MR) is 147 cm³/mol. The zero-order chi connectivity index (χ0) is 27.8. The standard InChI is InChI=1S/C29H28N2O7S/c1-15(2)12-13-37-20-11-10-17(14-21(20)35-4)23-22-24(32)18-8-6-7-9-19(18)38-25(22)27(33)31(23)29-30-16(3)26(39-29)28(34)36-5/h6-11,14-15,23H,12-13H2,1-5H3/t23-/m1/s1. The van der Waals surface area contributed by atoms with E-state index in [0.29, 0.717) is 46.3 Å². The Kier molecular flexibility index (Phi) is 7.14. The first-order valence-corrected chi connectivity index (χ1v) is 13.3. The molecule has 0 fully saturated rings. The van der Waals surface area contributed by atoms with Gasteiger partial charge in [-0.3, -0.25) is 14.5 Å². The Bertz CT molecular complexity index is 1640. The molecule has 5 rings (SSSR count). The van der Waals surface area contributed by atoms with E-state index in [-0.39, 0.29) is 26.8 Å². The maximum absolute atomic E-state index is 13.9. The number of esters is 1. The lowest BCUT2D eigenvalue weighted by atomic mass is 9.98. The number of nitrogens with zero attached hydrogens (tertiary/aromatic N) is 2. The van der Waals surface area contributed by atoms with Crippen LogP contribution in [0.2, 0.25) is 0 Å². The van der Waals surface area contributed by atoms with Crippen LogP contribution in [0, 0.1) is 12.8 Å². The number of carbonyl (C=O) groups is 2. The summed E-state index contributed by atoms with van der Waals surface area (Å²) in [6.07, 6.45) is 0.878. The minimum Gasteiger partial charge on any atom is -0.493 e. The lowest BCUT2D eigenvalue weighted by Crippen LogP contribution is -2.29. The Balaban J connectivity index is 1.68. The van der Waals surface area contributed by atoms with Gasteiger partial charge in [0, 0.05) is 0 Å². The number of para-hydroxylation sites is 1. The normalized spacial score (nSPS) is 14.7. The van der Waals surface area contributed by atoms with Crippen molar-refractivity contribution in [3.8, 4) is 11.5 Å². The molecule has 39 heavy (non-hydrogen) atoms. The van der Waals surface area contributed by atoms with Crippen LogP contribution in [0.25, 0.3) is 11.0 Å². The zero-order valence-corrected chi connectivity index (χ0v) is 23.1. The summed E-state index contributed by atoms with van der Waals surface area (Å²) in [5.41, 5.74) is 1.21. The number of hydrogen-bond acceptors (Lipinski definition) is 9. The second-order valence-electron chi connectivity index (χ2n) is 9.59. The highest BCUT2D eigenvalue weighted by Crippen LogP contribution is 2.44. The first-order chi connectivity index (χ1) is 18.7. The number of thiazole rings is 1. The van der Waals surface area contributed by atoms with Crippen LogP contribution in [0.4, 0.5) is 5.13 Å². The van der Waals surface area contributed by atoms with Gasteiger partial charge in [-0.15, -0.1) is 0 Å². The highest BCUT2D eigenvalue weighted by atomic mass is 32.1. The van der Waals surface area contributed by atoms with Crippen LogP contribution in [0.3, 0.4) is 0 Å². The van der Waals surface area contributed by atoms with Crippen molar-refractivity contribution >= 4 is 39.3 Å². The molecule has 202 valence electrons. The molecule has 0 spiro atoms. The van der Waals surface area contributed by atoms with Gasteiger partial charge in [-0.25, -0.2) is 9.78 Å². The van der Waals surface area contributed by atoms with Crippen LogP contribution in [-0.2, 0) is 4.74 Å². The third kappa shape index (κ3) is 4.65. The van der Waals surface area contributed by atoms with Gasteiger partial charge in [-0.2, -0.15) is 0 Å². The summed E-state index contributed by atoms with van der Waals surface area (Å²) in [6, 6.07) is 11.2. The molecule has 1 atom stereocenters. The topological polar surface area (TPSA) is 108 Å². The molecule has 0 radical (unpaired) electrons. The molecule has 0 N–H and O–H groups in total. The van der Waals surface area contributed by atoms with E-state index >= 15 is 0 Å². The van der Waals surface area contributed by atoms with E-state index < -0.39 is 17.9 Å². The van der Waals surface area contributed by atoms with Crippen LogP contribution in [0.15, 0.2) is 51.7 Å². The smallest absolute Gasteiger partial charge is 0.350 e. The van der Waals surface area contributed by atoms with Crippen LogP contribution >= 0.6 is 11.3 Å². The second kappa shape index (κ2) is 10.5. The molecule has 1 aliphatic rings. The molecule has 0 bridgehead atoms. The second-order valence-corrected chi connectivity index (χ2v) is 10.6. The molecule has 1 amide bonds. The van der Waals surface area contributed by atoms with Gasteiger partial charge < -0.3 is 18.6 Å². The van der Waals surface area contributed by atoms with Gasteiger partial charge in [0.25, 0.3) is 5.91 Å². The Morgan fingerprint density at radius 2 is 1.90 bits per heavy atom. The number of benzene rings is 2. The number of carbonyl (C=O) groups excluding carboxylic acids is 2. The van der Waals surface area contributed by atoms with Crippen molar-refractivity contribution in [1.82, 2.24) is 4.98 Å². The number of methoxy groups -OCH3 is 2. The average molecular weight is 549 g/mol. The van der Waals surface area contributed by atoms with E-state index in [9.17, 15) is 14.4 Å². The minimum atomic E-state index is -0.872. The molecule has 2 aromatic heterocycles. The van der Waals surface area contributed by atoms with Crippen molar-refractivity contribution in [3.05, 3.63) is 80.1 Å². The van der Waals surface area contributed by atoms with Gasteiger partial charge in [0.2, 0.25) is 5.76 Å². The van der Waals surface area contributed by atoms with Gasteiger partial charge in [0.15, 0.2) is 22.1 Å². The Morgan fingerprint density at radius 1 is 1.13 bits per heavy atom. The molecule has 0 aliphatic carbocycles. The van der Waals surface area contributed by atoms with Gasteiger partial charge >= 0.3 is 5.97 Å². The molecule has 1 aliphatic heterocycles. The molecule has 0 saturated heterocycles. The summed E-state index contributed by atoms with van der Waals surface area (Å²) in [7, 11) is 2.82. The van der Waals surface area contributed by atoms with Crippen molar-refractivity contribution < 1.29 is 28.2 Å². The summed E-state index contributed by atoms with van der Waals surface area (Å²) >= 11 is 1.02. The fourth-order valence-corrected chi connectivity index (χ4v) is 5.59. The number of ether oxygens (including phenoxy) is 3. The molecule has 9 nitrogen and oxygen atoms in total. The third-order valence-electron chi connectivity index (χ3n) is 6.60. The predicted octanol–water partition coefficient (Wildman–Crippen LogP) is 5.53. The zero-order valence-electron chi connectivity index (χ0n) is 22.3. The van der Waals surface area contributed by atoms with E-state index in [0.717, 1.165) is 17.8 Å². The number of anilines is 1. The van der Waals surface area contributed by atoms with E-state index in [4.69, 9.17) is 18.6 Å². The number of aromatic nitrogens is 1. The summed E-state index contributed by atoms with van der Waals surface area (Å²) < 4.78 is 22.5. The summed E-state index contributed by atoms with van der Waals surface area (Å²) in [6.45, 7) is 6.43. The Hall–Kier alpha value is -4.18. The lowest BCUT2D eigenvalue weighted by molar-refractivity contribution is 0.0605. The monoisotopic (exact) mass is 548 g/mol. The Labute approximate surface area is 228 Å². The van der Waals surface area contributed by atoms with Crippen molar-refractivity contribution in [2.75, 3.05) is 25.7 Å². The minimum absolute atomic E-state index is 0.0626. The summed E-state index contributed by atoms with van der Waals surface area (Å²) in [5.74, 6) is 0.359. The van der Waals surface area contributed by atoms with Crippen molar-refractivity contribution in [3.63, 3.8) is 0 Å². The first kappa shape index (κ1) is 26.4. The van der Waals surface area contributed by atoms with Crippen molar-refractivity contribution in [1.29, 1.82) is 0 Å². The molecule has 2 aromatic carbocycles. The SMILES string of the molecule is COC(=O)c1sc(N2C(=O)c3oc4ccccc4c(=O)c3[C@H]2c2ccc(OCCC(C)C)c(OC)c2)nc1C. The van der Waals surface area contributed by atoms with Crippen molar-refractivity contribution in [2.45, 2.75) is 33.2 Å². The number of aryl methyl sites for hydroxylation is 1. The van der Waals surface area contributed by atoms with Gasteiger partial charge in [-0.1, -0.05) is 43.4 Å².